The third-order valence-electron chi connectivity index (χ3n) is 3.71. The van der Waals surface area contributed by atoms with Crippen LogP contribution >= 0.6 is 0 Å². The molecule has 3 heterocycles. The van der Waals surface area contributed by atoms with Crippen LogP contribution in [-0.4, -0.2) is 48.0 Å². The van der Waals surface area contributed by atoms with Gasteiger partial charge in [-0.2, -0.15) is 0 Å². The maximum Gasteiger partial charge on any atom is 0.225 e. The third kappa shape index (κ3) is 2.48. The highest BCUT2D eigenvalue weighted by Crippen LogP contribution is 2.32. The van der Waals surface area contributed by atoms with Gasteiger partial charge in [0.25, 0.3) is 0 Å². The van der Waals surface area contributed by atoms with Crippen LogP contribution in [0, 0.1) is 0 Å². The summed E-state index contributed by atoms with van der Waals surface area (Å²) < 4.78 is 11.7. The minimum absolute atomic E-state index is 0.0760. The summed E-state index contributed by atoms with van der Waals surface area (Å²) in [4.78, 5) is 10.9. The largest absolute Gasteiger partial charge is 0.373 e. The van der Waals surface area contributed by atoms with E-state index >= 15 is 0 Å². The second-order valence-electron chi connectivity index (χ2n) is 4.91. The Morgan fingerprint density at radius 2 is 2.32 bits per heavy atom. The minimum Gasteiger partial charge on any atom is -0.373 e. The van der Waals surface area contributed by atoms with Gasteiger partial charge in [-0.15, -0.1) is 6.58 Å². The van der Waals surface area contributed by atoms with Crippen molar-refractivity contribution in [2.24, 2.45) is 0 Å². The summed E-state index contributed by atoms with van der Waals surface area (Å²) in [6.07, 6.45) is 7.72. The van der Waals surface area contributed by atoms with Crippen molar-refractivity contribution in [3.05, 3.63) is 31.1 Å². The van der Waals surface area contributed by atoms with Crippen molar-refractivity contribution in [1.29, 1.82) is 0 Å². The van der Waals surface area contributed by atoms with Crippen molar-refractivity contribution in [1.82, 2.24) is 9.97 Å². The first-order valence-corrected chi connectivity index (χ1v) is 6.78. The molecule has 19 heavy (non-hydrogen) atoms. The van der Waals surface area contributed by atoms with E-state index in [1.165, 1.54) is 0 Å². The zero-order chi connectivity index (χ0) is 13.1. The van der Waals surface area contributed by atoms with Gasteiger partial charge in [0.15, 0.2) is 0 Å². The van der Waals surface area contributed by atoms with Gasteiger partial charge >= 0.3 is 0 Å². The van der Waals surface area contributed by atoms with E-state index in [1.54, 1.807) is 18.5 Å². The normalized spacial score (nSPS) is 30.1. The van der Waals surface area contributed by atoms with E-state index in [2.05, 4.69) is 21.4 Å². The first-order valence-electron chi connectivity index (χ1n) is 6.78. The molecule has 1 aromatic rings. The van der Waals surface area contributed by atoms with Gasteiger partial charge in [-0.1, -0.05) is 6.08 Å². The summed E-state index contributed by atoms with van der Waals surface area (Å²) in [6.45, 7) is 5.86. The van der Waals surface area contributed by atoms with Crippen LogP contribution in [0.4, 0.5) is 5.95 Å². The predicted molar refractivity (Wildman–Crippen MR) is 72.1 cm³/mol. The van der Waals surface area contributed by atoms with E-state index in [4.69, 9.17) is 9.47 Å². The highest BCUT2D eigenvalue weighted by atomic mass is 16.5. The lowest BCUT2D eigenvalue weighted by Crippen LogP contribution is -2.42. The number of anilines is 1. The summed E-state index contributed by atoms with van der Waals surface area (Å²) in [5.74, 6) is 0.771. The van der Waals surface area contributed by atoms with Crippen LogP contribution in [0.25, 0.3) is 0 Å². The first-order chi connectivity index (χ1) is 9.40. The van der Waals surface area contributed by atoms with Crippen molar-refractivity contribution in [3.63, 3.8) is 0 Å². The fourth-order valence-corrected chi connectivity index (χ4v) is 2.92. The SMILES string of the molecule is C=CCO[C@@H]1CN(c2ncccn2)[C@@H]2CCCO[C@@H]21. The molecule has 2 aliphatic rings. The van der Waals surface area contributed by atoms with Gasteiger partial charge in [-0.3, -0.25) is 0 Å². The molecule has 3 atom stereocenters. The molecule has 2 aliphatic heterocycles. The summed E-state index contributed by atoms with van der Waals surface area (Å²) in [7, 11) is 0. The van der Waals surface area contributed by atoms with Crippen molar-refractivity contribution in [2.75, 3.05) is 24.7 Å². The molecule has 102 valence electrons. The van der Waals surface area contributed by atoms with Crippen LogP contribution in [-0.2, 0) is 9.47 Å². The second kappa shape index (κ2) is 5.67. The topological polar surface area (TPSA) is 47.5 Å². The van der Waals surface area contributed by atoms with Gasteiger partial charge in [-0.05, 0) is 18.9 Å². The van der Waals surface area contributed by atoms with Crippen molar-refractivity contribution in [3.8, 4) is 0 Å². The fraction of sp³-hybridized carbons (Fsp3) is 0.571. The van der Waals surface area contributed by atoms with Gasteiger partial charge < -0.3 is 14.4 Å². The molecule has 3 rings (SSSR count). The minimum atomic E-state index is 0.0760. The average Bonchev–Trinajstić information content (AvgIpc) is 2.85. The van der Waals surface area contributed by atoms with Crippen LogP contribution in [0.1, 0.15) is 12.8 Å². The van der Waals surface area contributed by atoms with Crippen molar-refractivity contribution < 1.29 is 9.47 Å². The molecule has 0 spiro atoms. The quantitative estimate of drug-likeness (QED) is 0.767. The molecular formula is C14H19N3O2. The van der Waals surface area contributed by atoms with Gasteiger partial charge in [-0.25, -0.2) is 9.97 Å². The lowest BCUT2D eigenvalue weighted by molar-refractivity contribution is -0.0671. The molecule has 1 aromatic heterocycles. The summed E-state index contributed by atoms with van der Waals surface area (Å²) in [5.41, 5.74) is 0. The highest BCUT2D eigenvalue weighted by molar-refractivity contribution is 5.35. The smallest absolute Gasteiger partial charge is 0.225 e. The Morgan fingerprint density at radius 1 is 1.47 bits per heavy atom. The van der Waals surface area contributed by atoms with E-state index in [-0.39, 0.29) is 12.2 Å². The number of hydrogen-bond donors (Lipinski definition) is 0. The molecule has 2 fully saturated rings. The van der Waals surface area contributed by atoms with E-state index in [0.717, 1.165) is 31.9 Å². The van der Waals surface area contributed by atoms with E-state index in [9.17, 15) is 0 Å². The maximum atomic E-state index is 5.91. The number of hydrogen-bond acceptors (Lipinski definition) is 5. The zero-order valence-electron chi connectivity index (χ0n) is 10.9. The molecule has 0 bridgehead atoms. The second-order valence-corrected chi connectivity index (χ2v) is 4.91. The number of fused-ring (bicyclic) bond motifs is 1. The molecule has 0 saturated carbocycles. The van der Waals surface area contributed by atoms with Crippen molar-refractivity contribution in [2.45, 2.75) is 31.1 Å². The highest BCUT2D eigenvalue weighted by Gasteiger charge is 2.45. The maximum absolute atomic E-state index is 5.91. The van der Waals surface area contributed by atoms with Gasteiger partial charge in [0.2, 0.25) is 5.95 Å². The number of ether oxygens (including phenoxy) is 2. The number of nitrogens with zero attached hydrogens (tertiary/aromatic N) is 3. The van der Waals surface area contributed by atoms with Gasteiger partial charge in [0.05, 0.1) is 19.2 Å². The molecule has 0 amide bonds. The predicted octanol–water partition coefficient (Wildman–Crippen LogP) is 1.42. The molecule has 0 unspecified atom stereocenters. The molecule has 0 aromatic carbocycles. The number of rotatable bonds is 4. The summed E-state index contributed by atoms with van der Waals surface area (Å²) in [6, 6.07) is 2.16. The summed E-state index contributed by atoms with van der Waals surface area (Å²) >= 11 is 0. The standard InChI is InChI=1S/C14H19N3O2/c1-2-8-18-12-10-17(14-15-6-4-7-16-14)11-5-3-9-19-13(11)12/h2,4,6-7,11-13H,1,3,5,8-10H2/t11-,12-,13+/m1/s1. The Morgan fingerprint density at radius 3 is 3.11 bits per heavy atom. The Labute approximate surface area is 113 Å². The van der Waals surface area contributed by atoms with Crippen LogP contribution in [0.2, 0.25) is 0 Å². The fourth-order valence-electron chi connectivity index (χ4n) is 2.92. The van der Waals surface area contributed by atoms with E-state index in [0.29, 0.717) is 12.6 Å². The molecular weight excluding hydrogens is 242 g/mol. The molecule has 5 heteroatoms. The van der Waals surface area contributed by atoms with Gasteiger partial charge in [0, 0.05) is 19.0 Å². The zero-order valence-corrected chi connectivity index (χ0v) is 10.9. The molecule has 2 saturated heterocycles. The molecule has 0 aliphatic carbocycles. The Hall–Kier alpha value is -1.46. The van der Waals surface area contributed by atoms with Crippen LogP contribution in [0.15, 0.2) is 31.1 Å². The lowest BCUT2D eigenvalue weighted by atomic mass is 10.0. The number of aromatic nitrogens is 2. The van der Waals surface area contributed by atoms with Crippen LogP contribution < -0.4 is 4.90 Å². The third-order valence-corrected chi connectivity index (χ3v) is 3.71. The molecule has 0 N–H and O–H groups in total. The first kappa shape index (κ1) is 12.6. The van der Waals surface area contributed by atoms with Crippen LogP contribution in [0.5, 0.6) is 0 Å². The van der Waals surface area contributed by atoms with Crippen molar-refractivity contribution >= 4 is 5.95 Å². The Kier molecular flexibility index (Phi) is 3.75. The monoisotopic (exact) mass is 261 g/mol. The average molecular weight is 261 g/mol. The van der Waals surface area contributed by atoms with E-state index < -0.39 is 0 Å². The lowest BCUT2D eigenvalue weighted by Gasteiger charge is -2.31. The van der Waals surface area contributed by atoms with E-state index in [1.807, 2.05) is 6.07 Å². The molecule has 0 radical (unpaired) electrons. The van der Waals surface area contributed by atoms with Crippen LogP contribution in [0.3, 0.4) is 0 Å². The van der Waals surface area contributed by atoms with Gasteiger partial charge in [0.1, 0.15) is 12.2 Å². The Balaban J connectivity index is 1.79. The Bertz CT molecular complexity index is 426. The summed E-state index contributed by atoms with van der Waals surface area (Å²) in [5, 5.41) is 0. The molecule has 5 nitrogen and oxygen atoms in total.